The average molecular weight is 444 g/mol. The summed E-state index contributed by atoms with van der Waals surface area (Å²) in [6, 6.07) is 0. The minimum absolute atomic E-state index is 0.0213. The normalized spacial score (nSPS) is 15.8. The fourth-order valence-corrected chi connectivity index (χ4v) is 4.80. The number of nitrogens with zero attached hydrogens (tertiary/aromatic N) is 2. The number of aromatic nitrogens is 2. The third-order valence-corrected chi connectivity index (χ3v) is 6.40. The van der Waals surface area contributed by atoms with E-state index >= 15 is 0 Å². The van der Waals surface area contributed by atoms with Crippen LogP contribution in [0.25, 0.3) is 0 Å². The Hall–Kier alpha value is -1.90. The minimum Gasteiger partial charge on any atom is -0.462 e. The van der Waals surface area contributed by atoms with Gasteiger partial charge in [-0.2, -0.15) is 5.10 Å². The number of amides is 1. The van der Waals surface area contributed by atoms with E-state index in [1.807, 2.05) is 0 Å². The highest BCUT2D eigenvalue weighted by atomic mass is 35.5. The highest BCUT2D eigenvalue weighted by Crippen LogP contribution is 2.40. The lowest BCUT2D eigenvalue weighted by Gasteiger charge is -2.18. The Morgan fingerprint density at radius 1 is 1.43 bits per heavy atom. The van der Waals surface area contributed by atoms with Gasteiger partial charge in [0.25, 0.3) is 5.56 Å². The summed E-state index contributed by atoms with van der Waals surface area (Å²) in [6.07, 6.45) is 3.81. The molecular weight excluding hydrogens is 425 g/mol. The van der Waals surface area contributed by atoms with Crippen LogP contribution in [-0.2, 0) is 28.9 Å². The van der Waals surface area contributed by atoms with Gasteiger partial charge in [-0.15, -0.1) is 11.3 Å². The molecule has 0 unspecified atom stereocenters. The van der Waals surface area contributed by atoms with Crippen molar-refractivity contribution < 1.29 is 14.3 Å². The first-order valence-electron chi connectivity index (χ1n) is 8.84. The topological polar surface area (TPSA) is 90.3 Å². The zero-order chi connectivity index (χ0) is 20.4. The molecule has 2 aromatic rings. The molecule has 7 nitrogen and oxygen atoms in total. The van der Waals surface area contributed by atoms with Gasteiger partial charge >= 0.3 is 5.97 Å². The zero-order valence-electron chi connectivity index (χ0n) is 15.4. The monoisotopic (exact) mass is 443 g/mol. The molecule has 0 aromatic carbocycles. The highest BCUT2D eigenvalue weighted by Gasteiger charge is 2.29. The number of carbonyl (C=O) groups is 2. The van der Waals surface area contributed by atoms with Crippen LogP contribution in [0.2, 0.25) is 10.0 Å². The molecule has 3 rings (SSSR count). The maximum absolute atomic E-state index is 12.5. The lowest BCUT2D eigenvalue weighted by Crippen LogP contribution is -2.30. The summed E-state index contributed by atoms with van der Waals surface area (Å²) < 4.78 is 6.10. The standard InChI is InChI=1S/C18H19Cl2N3O4S/c1-3-27-18(26)14-10-5-4-9(2)6-12(10)28-16(14)22-13(24)8-23-17(25)15(20)11(19)7-21-23/h7,9H,3-6,8H2,1-2H3,(H,22,24)/t9-/m0/s1. The van der Waals surface area contributed by atoms with E-state index in [9.17, 15) is 14.4 Å². The molecule has 0 spiro atoms. The summed E-state index contributed by atoms with van der Waals surface area (Å²) in [4.78, 5) is 38.1. The molecule has 2 heterocycles. The van der Waals surface area contributed by atoms with E-state index in [1.165, 1.54) is 17.5 Å². The second-order valence-electron chi connectivity index (χ2n) is 6.59. The average Bonchev–Trinajstić information content (AvgIpc) is 2.99. The van der Waals surface area contributed by atoms with Gasteiger partial charge in [-0.25, -0.2) is 9.48 Å². The largest absolute Gasteiger partial charge is 0.462 e. The number of hydrogen-bond acceptors (Lipinski definition) is 6. The van der Waals surface area contributed by atoms with E-state index in [4.69, 9.17) is 27.9 Å². The zero-order valence-corrected chi connectivity index (χ0v) is 17.7. The van der Waals surface area contributed by atoms with Crippen molar-refractivity contribution in [2.24, 2.45) is 5.92 Å². The Labute approximate surface area is 175 Å². The van der Waals surface area contributed by atoms with Crippen molar-refractivity contribution in [2.45, 2.75) is 39.7 Å². The molecule has 2 aromatic heterocycles. The molecule has 0 saturated carbocycles. The third kappa shape index (κ3) is 4.24. The molecule has 1 aliphatic carbocycles. The Balaban J connectivity index is 1.87. The number of rotatable bonds is 5. The van der Waals surface area contributed by atoms with Crippen molar-refractivity contribution in [1.82, 2.24) is 9.78 Å². The second-order valence-corrected chi connectivity index (χ2v) is 8.48. The smallest absolute Gasteiger partial charge is 0.341 e. The predicted molar refractivity (Wildman–Crippen MR) is 109 cm³/mol. The van der Waals surface area contributed by atoms with E-state index < -0.39 is 17.4 Å². The number of halogens is 2. The first-order chi connectivity index (χ1) is 13.3. The van der Waals surface area contributed by atoms with Crippen LogP contribution in [0, 0.1) is 5.92 Å². The Kier molecular flexibility index (Phi) is 6.42. The molecule has 1 N–H and O–H groups in total. The maximum Gasteiger partial charge on any atom is 0.341 e. The van der Waals surface area contributed by atoms with Crippen molar-refractivity contribution in [1.29, 1.82) is 0 Å². The van der Waals surface area contributed by atoms with Crippen LogP contribution >= 0.6 is 34.5 Å². The summed E-state index contributed by atoms with van der Waals surface area (Å²) in [5, 5.41) is 6.82. The van der Waals surface area contributed by atoms with Crippen LogP contribution in [0.1, 0.15) is 41.1 Å². The molecule has 0 saturated heterocycles. The molecule has 0 bridgehead atoms. The fourth-order valence-electron chi connectivity index (χ4n) is 3.12. The van der Waals surface area contributed by atoms with Crippen molar-refractivity contribution >= 4 is 51.4 Å². The summed E-state index contributed by atoms with van der Waals surface area (Å²) in [5.74, 6) is -0.427. The molecule has 0 fully saturated rings. The van der Waals surface area contributed by atoms with Crippen LogP contribution in [0.5, 0.6) is 0 Å². The molecule has 1 amide bonds. The first-order valence-corrected chi connectivity index (χ1v) is 10.4. The van der Waals surface area contributed by atoms with Gasteiger partial charge in [-0.3, -0.25) is 9.59 Å². The van der Waals surface area contributed by atoms with E-state index in [1.54, 1.807) is 6.92 Å². The van der Waals surface area contributed by atoms with Gasteiger partial charge in [0.05, 0.1) is 23.4 Å². The number of nitrogens with one attached hydrogen (secondary N) is 1. The van der Waals surface area contributed by atoms with Gasteiger partial charge < -0.3 is 10.1 Å². The number of thiophene rings is 1. The lowest BCUT2D eigenvalue weighted by atomic mass is 9.88. The fraction of sp³-hybridized carbons (Fsp3) is 0.444. The number of fused-ring (bicyclic) bond motifs is 1. The van der Waals surface area contributed by atoms with E-state index in [-0.39, 0.29) is 23.2 Å². The quantitative estimate of drug-likeness (QED) is 0.713. The van der Waals surface area contributed by atoms with Crippen molar-refractivity contribution in [3.8, 4) is 0 Å². The van der Waals surface area contributed by atoms with Crippen LogP contribution in [0.15, 0.2) is 11.0 Å². The summed E-state index contributed by atoms with van der Waals surface area (Å²) in [5.41, 5.74) is 0.701. The highest BCUT2D eigenvalue weighted by molar-refractivity contribution is 7.17. The number of carbonyl (C=O) groups excluding carboxylic acids is 2. The third-order valence-electron chi connectivity index (χ3n) is 4.48. The van der Waals surface area contributed by atoms with Crippen LogP contribution in [-0.4, -0.2) is 28.3 Å². The number of ether oxygens (including phenoxy) is 1. The van der Waals surface area contributed by atoms with Crippen molar-refractivity contribution in [3.63, 3.8) is 0 Å². The molecule has 0 radical (unpaired) electrons. The molecule has 150 valence electrons. The maximum atomic E-state index is 12.5. The van der Waals surface area contributed by atoms with Gasteiger partial charge in [0.1, 0.15) is 16.6 Å². The second kappa shape index (κ2) is 8.63. The lowest BCUT2D eigenvalue weighted by molar-refractivity contribution is -0.117. The van der Waals surface area contributed by atoms with Crippen LogP contribution in [0.4, 0.5) is 5.00 Å². The van der Waals surface area contributed by atoms with Gasteiger partial charge in [-0.1, -0.05) is 30.1 Å². The number of anilines is 1. The van der Waals surface area contributed by atoms with Crippen LogP contribution in [0.3, 0.4) is 0 Å². The molecule has 1 aliphatic rings. The molecule has 0 aliphatic heterocycles. The Morgan fingerprint density at radius 3 is 2.89 bits per heavy atom. The Morgan fingerprint density at radius 2 is 2.18 bits per heavy atom. The minimum atomic E-state index is -0.658. The van der Waals surface area contributed by atoms with Crippen molar-refractivity contribution in [3.05, 3.63) is 42.6 Å². The van der Waals surface area contributed by atoms with Gasteiger partial charge in [-0.05, 0) is 37.7 Å². The van der Waals surface area contributed by atoms with Gasteiger partial charge in [0.15, 0.2) is 0 Å². The van der Waals surface area contributed by atoms with Crippen LogP contribution < -0.4 is 10.9 Å². The summed E-state index contributed by atoms with van der Waals surface area (Å²) in [7, 11) is 0. The van der Waals surface area contributed by atoms with Crippen molar-refractivity contribution in [2.75, 3.05) is 11.9 Å². The van der Waals surface area contributed by atoms with E-state index in [2.05, 4.69) is 17.3 Å². The van der Waals surface area contributed by atoms with Gasteiger partial charge in [0.2, 0.25) is 5.91 Å². The molecular formula is C18H19Cl2N3O4S. The molecule has 1 atom stereocenters. The molecule has 10 heteroatoms. The number of hydrogen-bond donors (Lipinski definition) is 1. The molecule has 28 heavy (non-hydrogen) atoms. The van der Waals surface area contributed by atoms with Gasteiger partial charge in [0, 0.05) is 4.88 Å². The number of esters is 1. The first kappa shape index (κ1) is 20.8. The predicted octanol–water partition coefficient (Wildman–Crippen LogP) is 3.55. The SMILES string of the molecule is CCOC(=O)c1c(NC(=O)Cn2ncc(Cl)c(Cl)c2=O)sc2c1CC[C@H](C)C2. The van der Waals surface area contributed by atoms with E-state index in [0.717, 1.165) is 34.4 Å². The Bertz CT molecular complexity index is 986. The van der Waals surface area contributed by atoms with E-state index in [0.29, 0.717) is 16.5 Å². The summed E-state index contributed by atoms with van der Waals surface area (Å²) in [6.45, 7) is 3.79. The summed E-state index contributed by atoms with van der Waals surface area (Å²) >= 11 is 12.9.